The monoisotopic (exact) mass is 134 g/mol. The lowest BCUT2D eigenvalue weighted by molar-refractivity contribution is -0.211. The van der Waals surface area contributed by atoms with Gasteiger partial charge in [-0.2, -0.15) is 0 Å². The molecule has 0 saturated carbocycles. The van der Waals surface area contributed by atoms with Crippen LogP contribution >= 0.6 is 0 Å². The van der Waals surface area contributed by atoms with Crippen LogP contribution in [0.5, 0.6) is 0 Å². The third-order valence-corrected chi connectivity index (χ3v) is 1.27. The summed E-state index contributed by atoms with van der Waals surface area (Å²) in [5, 5.41) is 17.7. The summed E-state index contributed by atoms with van der Waals surface area (Å²) in [5.41, 5.74) is 0. The predicted octanol–water partition coefficient (Wildman–Crippen LogP) is 0.114. The number of hydrogen-bond donors (Lipinski definition) is 2. The fraction of sp³-hybridized carbons (Fsp3) is 1.00. The fourth-order valence-corrected chi connectivity index (χ4v) is 0.636. The summed E-state index contributed by atoms with van der Waals surface area (Å²) in [6, 6.07) is 0. The molecule has 0 saturated heterocycles. The van der Waals surface area contributed by atoms with Crippen LogP contribution in [0.1, 0.15) is 19.8 Å². The van der Waals surface area contributed by atoms with E-state index in [4.69, 9.17) is 10.2 Å². The van der Waals surface area contributed by atoms with Crippen molar-refractivity contribution in [2.24, 2.45) is 0 Å². The Morgan fingerprint density at radius 2 is 2.11 bits per heavy atom. The largest absolute Gasteiger partial charge is 0.391 e. The molecule has 1 atom stereocenters. The maximum atomic E-state index is 9.16. The minimum Gasteiger partial charge on any atom is -0.391 e. The molecule has 0 aromatic heterocycles. The summed E-state index contributed by atoms with van der Waals surface area (Å²) in [6.45, 7) is 1.58. The average molecular weight is 134 g/mol. The summed E-state index contributed by atoms with van der Waals surface area (Å²) in [4.78, 5) is 0. The van der Waals surface area contributed by atoms with Gasteiger partial charge in [-0.05, 0) is 0 Å². The standard InChI is InChI=1S/C6H14O3/c1-3-4-6(8,5-7)9-2/h7-8H,3-5H2,1-2H3. The molecule has 0 aliphatic carbocycles. The van der Waals surface area contributed by atoms with Crippen LogP contribution in [0.4, 0.5) is 0 Å². The molecule has 1 unspecified atom stereocenters. The topological polar surface area (TPSA) is 49.7 Å². The second-order valence-electron chi connectivity index (χ2n) is 2.06. The van der Waals surface area contributed by atoms with Crippen LogP contribution in [0.3, 0.4) is 0 Å². The van der Waals surface area contributed by atoms with Crippen LogP contribution in [0.15, 0.2) is 0 Å². The lowest BCUT2D eigenvalue weighted by Gasteiger charge is -2.22. The van der Waals surface area contributed by atoms with Gasteiger partial charge in [-0.25, -0.2) is 0 Å². The molecule has 0 fully saturated rings. The molecule has 0 aromatic rings. The second kappa shape index (κ2) is 3.82. The van der Waals surface area contributed by atoms with Gasteiger partial charge < -0.3 is 14.9 Å². The van der Waals surface area contributed by atoms with E-state index in [-0.39, 0.29) is 6.61 Å². The van der Waals surface area contributed by atoms with Crippen LogP contribution in [-0.2, 0) is 4.74 Å². The van der Waals surface area contributed by atoms with Crippen molar-refractivity contribution in [3.63, 3.8) is 0 Å². The van der Waals surface area contributed by atoms with Gasteiger partial charge in [0.05, 0.1) is 6.61 Å². The molecule has 0 spiro atoms. The highest BCUT2D eigenvalue weighted by Gasteiger charge is 2.22. The van der Waals surface area contributed by atoms with Gasteiger partial charge >= 0.3 is 0 Å². The van der Waals surface area contributed by atoms with E-state index >= 15 is 0 Å². The van der Waals surface area contributed by atoms with E-state index in [1.165, 1.54) is 7.11 Å². The van der Waals surface area contributed by atoms with Gasteiger partial charge in [0.1, 0.15) is 0 Å². The Labute approximate surface area is 55.3 Å². The van der Waals surface area contributed by atoms with E-state index < -0.39 is 5.79 Å². The van der Waals surface area contributed by atoms with Crippen molar-refractivity contribution in [2.75, 3.05) is 13.7 Å². The van der Waals surface area contributed by atoms with Crippen LogP contribution in [0.2, 0.25) is 0 Å². The molecule has 56 valence electrons. The van der Waals surface area contributed by atoms with Crippen molar-refractivity contribution in [1.82, 2.24) is 0 Å². The van der Waals surface area contributed by atoms with Crippen molar-refractivity contribution in [2.45, 2.75) is 25.6 Å². The Balaban J connectivity index is 3.62. The maximum Gasteiger partial charge on any atom is 0.188 e. The number of hydrogen-bond acceptors (Lipinski definition) is 3. The molecule has 0 aromatic carbocycles. The minimum absolute atomic E-state index is 0.336. The molecule has 0 radical (unpaired) electrons. The fourth-order valence-electron chi connectivity index (χ4n) is 0.636. The maximum absolute atomic E-state index is 9.16. The van der Waals surface area contributed by atoms with Gasteiger partial charge in [0.15, 0.2) is 5.79 Å². The molecule has 3 nitrogen and oxygen atoms in total. The lowest BCUT2D eigenvalue weighted by Crippen LogP contribution is -2.34. The molecule has 3 heteroatoms. The van der Waals surface area contributed by atoms with Crippen molar-refractivity contribution in [3.05, 3.63) is 0 Å². The minimum atomic E-state index is -1.31. The Hall–Kier alpha value is -0.120. The molecule has 0 bridgehead atoms. The van der Waals surface area contributed by atoms with E-state index in [9.17, 15) is 0 Å². The van der Waals surface area contributed by atoms with Gasteiger partial charge in [-0.3, -0.25) is 0 Å². The van der Waals surface area contributed by atoms with E-state index in [1.54, 1.807) is 0 Å². The zero-order chi connectivity index (χ0) is 7.33. The summed E-state index contributed by atoms with van der Waals surface area (Å²) >= 11 is 0. The number of rotatable bonds is 4. The molecule has 0 aliphatic rings. The number of ether oxygens (including phenoxy) is 1. The van der Waals surface area contributed by atoms with Crippen molar-refractivity contribution < 1.29 is 14.9 Å². The quantitative estimate of drug-likeness (QED) is 0.537. The van der Waals surface area contributed by atoms with E-state index in [0.717, 1.165) is 6.42 Å². The van der Waals surface area contributed by atoms with Gasteiger partial charge in [0.2, 0.25) is 0 Å². The molecule has 2 N–H and O–H groups in total. The Morgan fingerprint density at radius 1 is 1.56 bits per heavy atom. The first-order valence-electron chi connectivity index (χ1n) is 3.07. The van der Waals surface area contributed by atoms with Crippen molar-refractivity contribution in [1.29, 1.82) is 0 Å². The number of aliphatic hydroxyl groups excluding tert-OH is 1. The van der Waals surface area contributed by atoms with Crippen LogP contribution in [0.25, 0.3) is 0 Å². The highest BCUT2D eigenvalue weighted by Crippen LogP contribution is 2.11. The first-order valence-corrected chi connectivity index (χ1v) is 3.07. The summed E-state index contributed by atoms with van der Waals surface area (Å²) in [7, 11) is 1.38. The number of aliphatic hydroxyl groups is 2. The number of methoxy groups -OCH3 is 1. The zero-order valence-electron chi connectivity index (χ0n) is 5.92. The second-order valence-corrected chi connectivity index (χ2v) is 2.06. The molecular formula is C6H14O3. The van der Waals surface area contributed by atoms with Crippen LogP contribution in [0, 0.1) is 0 Å². The van der Waals surface area contributed by atoms with Crippen molar-refractivity contribution in [3.8, 4) is 0 Å². The van der Waals surface area contributed by atoms with E-state index in [0.29, 0.717) is 6.42 Å². The molecule has 0 heterocycles. The average Bonchev–Trinajstić information content (AvgIpc) is 1.89. The molecule has 0 rings (SSSR count). The van der Waals surface area contributed by atoms with Crippen molar-refractivity contribution >= 4 is 0 Å². The normalized spacial score (nSPS) is 17.3. The highest BCUT2D eigenvalue weighted by molar-refractivity contribution is 4.62. The van der Waals surface area contributed by atoms with Crippen LogP contribution < -0.4 is 0 Å². The smallest absolute Gasteiger partial charge is 0.188 e. The Bertz CT molecular complexity index is 68.7. The van der Waals surface area contributed by atoms with Gasteiger partial charge in [0, 0.05) is 13.5 Å². The molecule has 0 amide bonds. The first-order chi connectivity index (χ1) is 4.18. The molecular weight excluding hydrogens is 120 g/mol. The Morgan fingerprint density at radius 3 is 2.22 bits per heavy atom. The third kappa shape index (κ3) is 2.79. The molecule has 9 heavy (non-hydrogen) atoms. The summed E-state index contributed by atoms with van der Waals surface area (Å²) < 4.78 is 4.63. The molecule has 0 aliphatic heterocycles. The Kier molecular flexibility index (Phi) is 3.77. The summed E-state index contributed by atoms with van der Waals surface area (Å²) in [6.07, 6.45) is 1.27. The zero-order valence-corrected chi connectivity index (χ0v) is 5.92. The third-order valence-electron chi connectivity index (χ3n) is 1.27. The van der Waals surface area contributed by atoms with Crippen LogP contribution in [-0.4, -0.2) is 29.7 Å². The van der Waals surface area contributed by atoms with E-state index in [1.807, 2.05) is 6.92 Å². The highest BCUT2D eigenvalue weighted by atomic mass is 16.6. The first kappa shape index (κ1) is 8.88. The van der Waals surface area contributed by atoms with Gasteiger partial charge in [-0.1, -0.05) is 13.3 Å². The summed E-state index contributed by atoms with van der Waals surface area (Å²) in [5.74, 6) is -1.31. The predicted molar refractivity (Wildman–Crippen MR) is 34.0 cm³/mol. The lowest BCUT2D eigenvalue weighted by atomic mass is 10.2. The SMILES string of the molecule is CCCC(O)(CO)OC. The van der Waals surface area contributed by atoms with E-state index in [2.05, 4.69) is 4.74 Å². The van der Waals surface area contributed by atoms with Gasteiger partial charge in [-0.15, -0.1) is 0 Å². The van der Waals surface area contributed by atoms with Gasteiger partial charge in [0.25, 0.3) is 0 Å².